The second kappa shape index (κ2) is 13.2. The number of anilines is 1. The van der Waals surface area contributed by atoms with E-state index in [9.17, 15) is 9.90 Å². The van der Waals surface area contributed by atoms with Crippen LogP contribution in [0.2, 0.25) is 0 Å². The average molecular weight is 561 g/mol. The molecule has 9 nitrogen and oxygen atoms in total. The zero-order valence-corrected chi connectivity index (χ0v) is 21.3. The lowest BCUT2D eigenvalue weighted by atomic mass is 10.1. The van der Waals surface area contributed by atoms with E-state index in [1.165, 1.54) is 0 Å². The van der Waals surface area contributed by atoms with Crippen molar-refractivity contribution in [2.24, 2.45) is 4.99 Å². The molecule has 0 spiro atoms. The van der Waals surface area contributed by atoms with Gasteiger partial charge in [0.2, 0.25) is 0 Å². The van der Waals surface area contributed by atoms with Gasteiger partial charge in [-0.15, -0.1) is 24.0 Å². The third-order valence-electron chi connectivity index (χ3n) is 5.25. The Morgan fingerprint density at radius 3 is 2.75 bits per heavy atom. The van der Waals surface area contributed by atoms with Gasteiger partial charge in [-0.05, 0) is 32.4 Å². The number of ether oxygens (including phenoxy) is 2. The fourth-order valence-corrected chi connectivity index (χ4v) is 3.73. The number of carbonyl (C=O) groups is 1. The smallest absolute Gasteiger partial charge is 0.265 e. The zero-order chi connectivity index (χ0) is 22.1. The summed E-state index contributed by atoms with van der Waals surface area (Å²) in [5, 5.41) is 17.3. The summed E-state index contributed by atoms with van der Waals surface area (Å²) in [6.45, 7) is 9.84. The van der Waals surface area contributed by atoms with Crippen molar-refractivity contribution < 1.29 is 19.4 Å². The van der Waals surface area contributed by atoms with Crippen molar-refractivity contribution in [2.75, 3.05) is 70.5 Å². The van der Waals surface area contributed by atoms with Crippen molar-refractivity contribution in [1.82, 2.24) is 15.5 Å². The summed E-state index contributed by atoms with van der Waals surface area (Å²) in [4.78, 5) is 20.8. The summed E-state index contributed by atoms with van der Waals surface area (Å²) in [6, 6.07) is 7.60. The minimum Gasteiger partial charge on any atom is -0.482 e. The van der Waals surface area contributed by atoms with Crippen LogP contribution < -0.4 is 20.3 Å². The Bertz CT molecular complexity index is 756. The number of fused-ring (bicyclic) bond motifs is 1. The monoisotopic (exact) mass is 561 g/mol. The van der Waals surface area contributed by atoms with Gasteiger partial charge in [0.25, 0.3) is 5.91 Å². The second-order valence-electron chi connectivity index (χ2n) is 8.16. The Hall–Kier alpha value is -1.63. The molecule has 0 saturated carbocycles. The van der Waals surface area contributed by atoms with E-state index in [2.05, 4.69) is 20.5 Å². The topological polar surface area (TPSA) is 98.7 Å². The summed E-state index contributed by atoms with van der Waals surface area (Å²) < 4.78 is 10.9. The van der Waals surface area contributed by atoms with Crippen molar-refractivity contribution in [3.05, 3.63) is 24.3 Å². The summed E-state index contributed by atoms with van der Waals surface area (Å²) in [5.74, 6) is 1.38. The van der Waals surface area contributed by atoms with Crippen LogP contribution >= 0.6 is 24.0 Å². The number of benzene rings is 1. The van der Waals surface area contributed by atoms with E-state index in [0.29, 0.717) is 45.4 Å². The van der Waals surface area contributed by atoms with Crippen LogP contribution in [0.1, 0.15) is 20.3 Å². The SMILES string of the molecule is CCNC(=NCC(C)(O)CN1CCOCC1)NCCCN1C(=O)COc2ccccc21.I. The Labute approximate surface area is 207 Å². The van der Waals surface area contributed by atoms with Crippen LogP contribution in [0.4, 0.5) is 5.69 Å². The predicted molar refractivity (Wildman–Crippen MR) is 136 cm³/mol. The third kappa shape index (κ3) is 8.05. The molecule has 1 amide bonds. The molecule has 180 valence electrons. The number of halogens is 1. The van der Waals surface area contributed by atoms with Crippen LogP contribution in [0.5, 0.6) is 5.75 Å². The number of carbonyl (C=O) groups excluding carboxylic acids is 1. The average Bonchev–Trinajstić information content (AvgIpc) is 2.76. The summed E-state index contributed by atoms with van der Waals surface area (Å²) in [5.41, 5.74) is -0.0950. The highest BCUT2D eigenvalue weighted by Gasteiger charge is 2.26. The van der Waals surface area contributed by atoms with Gasteiger partial charge in [-0.25, -0.2) is 0 Å². The number of aliphatic hydroxyl groups is 1. The Morgan fingerprint density at radius 2 is 2.00 bits per heavy atom. The van der Waals surface area contributed by atoms with Crippen molar-refractivity contribution in [3.8, 4) is 5.75 Å². The molecule has 0 aliphatic carbocycles. The van der Waals surface area contributed by atoms with Crippen molar-refractivity contribution in [3.63, 3.8) is 0 Å². The van der Waals surface area contributed by atoms with Crippen LogP contribution in [-0.4, -0.2) is 93.1 Å². The number of nitrogens with one attached hydrogen (secondary N) is 2. The number of hydrogen-bond donors (Lipinski definition) is 3. The number of morpholine rings is 1. The lowest BCUT2D eigenvalue weighted by Crippen LogP contribution is -2.48. The number of β-amino-alcohol motifs (C(OH)–C–C–N with tert-alkyl or cyclic N) is 1. The summed E-state index contributed by atoms with van der Waals surface area (Å²) in [6.07, 6.45) is 0.759. The first kappa shape index (κ1) is 26.6. The lowest BCUT2D eigenvalue weighted by Gasteiger charge is -2.33. The van der Waals surface area contributed by atoms with Gasteiger partial charge in [0.1, 0.15) is 5.75 Å². The minimum atomic E-state index is -0.913. The standard InChI is InChI=1S/C22H35N5O4.HI/c1-3-23-21(25-16-22(2,29)17-26-11-13-30-14-12-26)24-9-6-10-27-18-7-4-5-8-19(18)31-15-20(27)28;/h4-5,7-8,29H,3,6,9-17H2,1-2H3,(H2,23,24,25);1H. The molecule has 32 heavy (non-hydrogen) atoms. The first-order chi connectivity index (χ1) is 15.0. The van der Waals surface area contributed by atoms with E-state index in [1.54, 1.807) is 4.90 Å². The molecule has 1 saturated heterocycles. The second-order valence-corrected chi connectivity index (χ2v) is 8.16. The molecule has 2 aliphatic heterocycles. The molecule has 1 unspecified atom stereocenters. The number of nitrogens with zero attached hydrogens (tertiary/aromatic N) is 3. The van der Waals surface area contributed by atoms with Crippen molar-refractivity contribution in [2.45, 2.75) is 25.9 Å². The van der Waals surface area contributed by atoms with Crippen LogP contribution in [0.15, 0.2) is 29.3 Å². The quantitative estimate of drug-likeness (QED) is 0.180. The molecule has 1 aromatic rings. The van der Waals surface area contributed by atoms with Crippen LogP contribution in [0.25, 0.3) is 0 Å². The molecule has 0 bridgehead atoms. The molecule has 1 fully saturated rings. The van der Waals surface area contributed by atoms with Gasteiger partial charge in [-0.2, -0.15) is 0 Å². The maximum absolute atomic E-state index is 12.3. The molecular formula is C22H36IN5O4. The maximum Gasteiger partial charge on any atom is 0.265 e. The van der Waals surface area contributed by atoms with Gasteiger partial charge in [-0.3, -0.25) is 14.7 Å². The Kier molecular flexibility index (Phi) is 11.0. The highest BCUT2D eigenvalue weighted by molar-refractivity contribution is 14.0. The number of aliphatic imine (C=N–C) groups is 1. The van der Waals surface area contributed by atoms with Gasteiger partial charge in [0.15, 0.2) is 12.6 Å². The third-order valence-corrected chi connectivity index (χ3v) is 5.25. The number of amides is 1. The molecule has 2 aliphatic rings. The van der Waals surface area contributed by atoms with E-state index < -0.39 is 5.60 Å². The molecule has 3 rings (SSSR count). The minimum absolute atomic E-state index is 0. The molecule has 0 radical (unpaired) electrons. The number of hydrogen-bond acceptors (Lipinski definition) is 6. The van der Waals surface area contributed by atoms with Gasteiger partial charge in [-0.1, -0.05) is 12.1 Å². The van der Waals surface area contributed by atoms with E-state index in [4.69, 9.17) is 9.47 Å². The number of rotatable bonds is 9. The highest BCUT2D eigenvalue weighted by Crippen LogP contribution is 2.31. The molecule has 0 aromatic heterocycles. The zero-order valence-electron chi connectivity index (χ0n) is 19.0. The largest absolute Gasteiger partial charge is 0.482 e. The fraction of sp³-hybridized carbons (Fsp3) is 0.636. The predicted octanol–water partition coefficient (Wildman–Crippen LogP) is 1.06. The maximum atomic E-state index is 12.3. The highest BCUT2D eigenvalue weighted by atomic mass is 127. The normalized spacial score (nSPS) is 18.8. The van der Waals surface area contributed by atoms with E-state index in [1.807, 2.05) is 38.1 Å². The van der Waals surface area contributed by atoms with Crippen LogP contribution in [-0.2, 0) is 9.53 Å². The van der Waals surface area contributed by atoms with Crippen molar-refractivity contribution in [1.29, 1.82) is 0 Å². The van der Waals surface area contributed by atoms with Gasteiger partial charge >= 0.3 is 0 Å². The first-order valence-electron chi connectivity index (χ1n) is 11.1. The molecule has 1 aromatic carbocycles. The van der Waals surface area contributed by atoms with Crippen molar-refractivity contribution >= 4 is 41.5 Å². The number of guanidine groups is 1. The molecule has 3 N–H and O–H groups in total. The number of para-hydroxylation sites is 2. The molecular weight excluding hydrogens is 525 g/mol. The van der Waals surface area contributed by atoms with E-state index in [-0.39, 0.29) is 36.5 Å². The first-order valence-corrected chi connectivity index (χ1v) is 11.1. The molecule has 10 heteroatoms. The molecule has 1 atom stereocenters. The Morgan fingerprint density at radius 1 is 1.25 bits per heavy atom. The van der Waals surface area contributed by atoms with Crippen LogP contribution in [0.3, 0.4) is 0 Å². The van der Waals surface area contributed by atoms with Gasteiger partial charge < -0.3 is 30.1 Å². The van der Waals surface area contributed by atoms with E-state index in [0.717, 1.165) is 37.5 Å². The fourth-order valence-electron chi connectivity index (χ4n) is 3.73. The van der Waals surface area contributed by atoms with Gasteiger partial charge in [0.05, 0.1) is 31.0 Å². The van der Waals surface area contributed by atoms with Crippen LogP contribution in [0, 0.1) is 0 Å². The van der Waals surface area contributed by atoms with E-state index >= 15 is 0 Å². The summed E-state index contributed by atoms with van der Waals surface area (Å²) >= 11 is 0. The Balaban J connectivity index is 0.00000363. The summed E-state index contributed by atoms with van der Waals surface area (Å²) in [7, 11) is 0. The van der Waals surface area contributed by atoms with Gasteiger partial charge in [0, 0.05) is 39.3 Å². The molecule has 2 heterocycles. The lowest BCUT2D eigenvalue weighted by molar-refractivity contribution is -0.121.